The van der Waals surface area contributed by atoms with Gasteiger partial charge in [0.1, 0.15) is 6.61 Å². The van der Waals surface area contributed by atoms with Gasteiger partial charge in [-0.05, 0) is 25.0 Å². The maximum atomic E-state index is 10.6. The van der Waals surface area contributed by atoms with Crippen molar-refractivity contribution in [3.8, 4) is 0 Å². The molecule has 0 unspecified atom stereocenters. The molecule has 18 heavy (non-hydrogen) atoms. The van der Waals surface area contributed by atoms with Crippen LogP contribution in [0.1, 0.15) is 24.5 Å². The van der Waals surface area contributed by atoms with E-state index in [1.165, 1.54) is 5.56 Å². The van der Waals surface area contributed by atoms with Crippen LogP contribution in [0.4, 0.5) is 0 Å². The molecular weight excluding hydrogens is 230 g/mol. The molecule has 1 aromatic carbocycles. The molecular formula is C14H17NO3. The van der Waals surface area contributed by atoms with Gasteiger partial charge in [-0.15, -0.1) is 0 Å². The predicted octanol–water partition coefficient (Wildman–Crippen LogP) is 2.88. The second kappa shape index (κ2) is 7.27. The first kappa shape index (κ1) is 14.0. The van der Waals surface area contributed by atoms with Gasteiger partial charge in [0.15, 0.2) is 5.71 Å². The summed E-state index contributed by atoms with van der Waals surface area (Å²) in [6, 6.07) is 8.04. The van der Waals surface area contributed by atoms with Crippen molar-refractivity contribution < 1.29 is 14.7 Å². The zero-order valence-corrected chi connectivity index (χ0v) is 10.6. The molecule has 0 aliphatic rings. The third-order valence-corrected chi connectivity index (χ3v) is 2.28. The third kappa shape index (κ3) is 4.82. The molecule has 0 atom stereocenters. The lowest BCUT2D eigenvalue weighted by Gasteiger charge is -1.98. The number of aryl methyl sites for hydroxylation is 1. The summed E-state index contributed by atoms with van der Waals surface area (Å²) in [6.45, 7) is 4.00. The SMILES string of the molecule is CC/C(=N/OC/C=C/c1cccc(C)c1)C(=O)O. The van der Waals surface area contributed by atoms with Crippen LogP contribution in [-0.2, 0) is 9.63 Å². The van der Waals surface area contributed by atoms with Gasteiger partial charge in [0, 0.05) is 0 Å². The fraction of sp³-hybridized carbons (Fsp3) is 0.286. The summed E-state index contributed by atoms with van der Waals surface area (Å²) >= 11 is 0. The normalized spacial score (nSPS) is 11.8. The second-order valence-electron chi connectivity index (χ2n) is 3.81. The molecule has 0 fully saturated rings. The second-order valence-corrected chi connectivity index (χ2v) is 3.81. The Labute approximate surface area is 107 Å². The van der Waals surface area contributed by atoms with Crippen molar-refractivity contribution in [1.82, 2.24) is 0 Å². The summed E-state index contributed by atoms with van der Waals surface area (Å²) in [4.78, 5) is 15.5. The Bertz CT molecular complexity index is 464. The molecule has 0 aliphatic heterocycles. The maximum Gasteiger partial charge on any atom is 0.353 e. The topological polar surface area (TPSA) is 58.9 Å². The summed E-state index contributed by atoms with van der Waals surface area (Å²) in [5.74, 6) is -1.04. The molecule has 0 amide bonds. The van der Waals surface area contributed by atoms with Gasteiger partial charge in [0.25, 0.3) is 0 Å². The number of nitrogens with zero attached hydrogens (tertiary/aromatic N) is 1. The van der Waals surface area contributed by atoms with E-state index in [1.807, 2.05) is 31.2 Å². The van der Waals surface area contributed by atoms with Gasteiger partial charge in [-0.2, -0.15) is 0 Å². The van der Waals surface area contributed by atoms with E-state index in [4.69, 9.17) is 9.94 Å². The van der Waals surface area contributed by atoms with Crippen molar-refractivity contribution in [2.75, 3.05) is 6.61 Å². The van der Waals surface area contributed by atoms with E-state index in [0.717, 1.165) is 5.56 Å². The highest BCUT2D eigenvalue weighted by Gasteiger charge is 2.05. The van der Waals surface area contributed by atoms with Crippen molar-refractivity contribution in [3.05, 3.63) is 41.5 Å². The van der Waals surface area contributed by atoms with Crippen LogP contribution in [0.3, 0.4) is 0 Å². The number of benzene rings is 1. The van der Waals surface area contributed by atoms with Crippen LogP contribution in [-0.4, -0.2) is 23.4 Å². The van der Waals surface area contributed by atoms with Gasteiger partial charge >= 0.3 is 5.97 Å². The molecule has 0 saturated carbocycles. The minimum absolute atomic E-state index is 0.0268. The number of carboxylic acids is 1. The van der Waals surface area contributed by atoms with Gasteiger partial charge < -0.3 is 9.94 Å². The molecule has 4 heteroatoms. The molecule has 1 N–H and O–H groups in total. The quantitative estimate of drug-likeness (QED) is 0.477. The van der Waals surface area contributed by atoms with Crippen molar-refractivity contribution in [2.24, 2.45) is 5.16 Å². The average Bonchev–Trinajstić information content (AvgIpc) is 2.33. The largest absolute Gasteiger partial charge is 0.477 e. The summed E-state index contributed by atoms with van der Waals surface area (Å²) in [7, 11) is 0. The number of rotatable bonds is 6. The third-order valence-electron chi connectivity index (χ3n) is 2.28. The van der Waals surface area contributed by atoms with Crippen molar-refractivity contribution in [1.29, 1.82) is 0 Å². The van der Waals surface area contributed by atoms with E-state index in [2.05, 4.69) is 11.2 Å². The minimum atomic E-state index is -1.04. The summed E-state index contributed by atoms with van der Waals surface area (Å²) < 4.78 is 0. The standard InChI is InChI=1S/C14H17NO3/c1-3-13(14(16)17)15-18-9-5-8-12-7-4-6-11(2)10-12/h4-8,10H,3,9H2,1-2H3,(H,16,17)/b8-5+,15-13-. The van der Waals surface area contributed by atoms with Gasteiger partial charge in [0.2, 0.25) is 0 Å². The molecule has 0 bridgehead atoms. The van der Waals surface area contributed by atoms with Gasteiger partial charge in [-0.1, -0.05) is 48.0 Å². The van der Waals surface area contributed by atoms with Crippen molar-refractivity contribution >= 4 is 17.8 Å². The Morgan fingerprint density at radius 2 is 2.28 bits per heavy atom. The van der Waals surface area contributed by atoms with Crippen LogP contribution in [0.15, 0.2) is 35.5 Å². The molecule has 1 aromatic rings. The lowest BCUT2D eigenvalue weighted by molar-refractivity contribution is -0.129. The van der Waals surface area contributed by atoms with Gasteiger partial charge in [-0.3, -0.25) is 0 Å². The number of aliphatic carboxylic acids is 1. The van der Waals surface area contributed by atoms with Crippen LogP contribution in [0, 0.1) is 6.92 Å². The lowest BCUT2D eigenvalue weighted by atomic mass is 10.1. The first-order valence-electron chi connectivity index (χ1n) is 5.78. The first-order valence-corrected chi connectivity index (χ1v) is 5.78. The van der Waals surface area contributed by atoms with Crippen LogP contribution < -0.4 is 0 Å². The van der Waals surface area contributed by atoms with Crippen LogP contribution in [0.2, 0.25) is 0 Å². The van der Waals surface area contributed by atoms with E-state index in [0.29, 0.717) is 6.42 Å². The zero-order chi connectivity index (χ0) is 13.4. The van der Waals surface area contributed by atoms with E-state index in [-0.39, 0.29) is 12.3 Å². The Morgan fingerprint density at radius 3 is 2.89 bits per heavy atom. The summed E-state index contributed by atoms with van der Waals surface area (Å²) in [5, 5.41) is 12.3. The lowest BCUT2D eigenvalue weighted by Crippen LogP contribution is -2.11. The molecule has 0 saturated heterocycles. The Hall–Kier alpha value is -2.10. The number of oxime groups is 1. The van der Waals surface area contributed by atoms with Crippen molar-refractivity contribution in [2.45, 2.75) is 20.3 Å². The van der Waals surface area contributed by atoms with Crippen LogP contribution >= 0.6 is 0 Å². The summed E-state index contributed by atoms with van der Waals surface area (Å²) in [6.07, 6.45) is 4.05. The molecule has 1 rings (SSSR count). The van der Waals surface area contributed by atoms with E-state index in [1.54, 1.807) is 13.0 Å². The maximum absolute atomic E-state index is 10.6. The molecule has 96 valence electrons. The van der Waals surface area contributed by atoms with Crippen molar-refractivity contribution in [3.63, 3.8) is 0 Å². The Kier molecular flexibility index (Phi) is 5.64. The number of hydrogen-bond donors (Lipinski definition) is 1. The van der Waals surface area contributed by atoms with E-state index >= 15 is 0 Å². The van der Waals surface area contributed by atoms with Crippen LogP contribution in [0.25, 0.3) is 6.08 Å². The average molecular weight is 247 g/mol. The van der Waals surface area contributed by atoms with Gasteiger partial charge in [0.05, 0.1) is 0 Å². The van der Waals surface area contributed by atoms with Crippen LogP contribution in [0.5, 0.6) is 0 Å². The highest BCUT2D eigenvalue weighted by Crippen LogP contribution is 2.05. The number of hydrogen-bond acceptors (Lipinski definition) is 3. The molecule has 4 nitrogen and oxygen atoms in total. The first-order chi connectivity index (χ1) is 8.63. The highest BCUT2D eigenvalue weighted by atomic mass is 16.6. The fourth-order valence-corrected chi connectivity index (χ4v) is 1.37. The molecule has 0 aromatic heterocycles. The predicted molar refractivity (Wildman–Crippen MR) is 71.5 cm³/mol. The Balaban J connectivity index is 2.44. The molecule has 0 radical (unpaired) electrons. The van der Waals surface area contributed by atoms with E-state index < -0.39 is 5.97 Å². The fourth-order valence-electron chi connectivity index (χ4n) is 1.37. The number of carboxylic acid groups (broad SMARTS) is 1. The monoisotopic (exact) mass is 247 g/mol. The molecule has 0 aliphatic carbocycles. The zero-order valence-electron chi connectivity index (χ0n) is 10.6. The highest BCUT2D eigenvalue weighted by molar-refractivity contribution is 6.35. The van der Waals surface area contributed by atoms with E-state index in [9.17, 15) is 4.79 Å². The smallest absolute Gasteiger partial charge is 0.353 e. The number of carbonyl (C=O) groups is 1. The minimum Gasteiger partial charge on any atom is -0.477 e. The Morgan fingerprint density at radius 1 is 1.50 bits per heavy atom. The van der Waals surface area contributed by atoms with Gasteiger partial charge in [-0.25, -0.2) is 4.79 Å². The molecule has 0 spiro atoms. The molecule has 0 heterocycles. The summed E-state index contributed by atoms with van der Waals surface area (Å²) in [5.41, 5.74) is 2.30.